The third-order valence-corrected chi connectivity index (χ3v) is 4.31. The zero-order valence-electron chi connectivity index (χ0n) is 15.5. The standard InChI is InChI=1S/C20H24BrFN2O3/c1-5-15(7-6-8-22)9-16-11-24-19(20(26)27-13(2)3)18(17(16)21)23-10-14(4)12-25/h5-8,11,13,23,25H,1,4,9-10,12H2,2-3H3/b8-6+,15-7+. The average Bonchev–Trinajstić information content (AvgIpc) is 2.64. The van der Waals surface area contributed by atoms with Gasteiger partial charge in [-0.1, -0.05) is 25.3 Å². The minimum absolute atomic E-state index is 0.123. The molecule has 0 spiro atoms. The van der Waals surface area contributed by atoms with Crippen molar-refractivity contribution in [2.45, 2.75) is 26.4 Å². The largest absolute Gasteiger partial charge is 0.458 e. The summed E-state index contributed by atoms with van der Waals surface area (Å²) in [6, 6.07) is 0. The normalized spacial score (nSPS) is 11.7. The number of aliphatic hydroxyl groups is 1. The molecule has 146 valence electrons. The van der Waals surface area contributed by atoms with E-state index < -0.39 is 5.97 Å². The van der Waals surface area contributed by atoms with Crippen LogP contribution in [0.15, 0.2) is 59.5 Å². The molecule has 1 heterocycles. The molecule has 1 aromatic rings. The van der Waals surface area contributed by atoms with Gasteiger partial charge in [0.25, 0.3) is 0 Å². The molecule has 1 aromatic heterocycles. The maximum atomic E-state index is 12.4. The van der Waals surface area contributed by atoms with Crippen molar-refractivity contribution >= 4 is 27.6 Å². The average molecular weight is 439 g/mol. The van der Waals surface area contributed by atoms with Gasteiger partial charge in [0, 0.05) is 23.6 Å². The number of rotatable bonds is 10. The molecular weight excluding hydrogens is 415 g/mol. The molecule has 0 saturated carbocycles. The fraction of sp³-hybridized carbons (Fsp3) is 0.300. The Labute approximate surface area is 167 Å². The molecule has 0 atom stereocenters. The second kappa shape index (κ2) is 11.5. The molecule has 0 aliphatic carbocycles. The maximum absolute atomic E-state index is 12.4. The first kappa shape index (κ1) is 22.8. The highest BCUT2D eigenvalue weighted by atomic mass is 79.9. The number of aliphatic hydroxyl groups excluding tert-OH is 1. The Balaban J connectivity index is 3.30. The number of halogens is 2. The lowest BCUT2D eigenvalue weighted by Crippen LogP contribution is -2.18. The number of allylic oxidation sites excluding steroid dienone is 4. The fourth-order valence-electron chi connectivity index (χ4n) is 2.09. The van der Waals surface area contributed by atoms with Crippen LogP contribution in [0.5, 0.6) is 0 Å². The number of aromatic nitrogens is 1. The van der Waals surface area contributed by atoms with Crippen LogP contribution in [0, 0.1) is 0 Å². The SMILES string of the molecule is C=C/C(=C\C=C\F)Cc1cnc(C(=O)OC(C)C)c(NCC(=C)CO)c1Br. The van der Waals surface area contributed by atoms with E-state index >= 15 is 0 Å². The van der Waals surface area contributed by atoms with E-state index in [1.165, 1.54) is 6.08 Å². The van der Waals surface area contributed by atoms with Gasteiger partial charge in [-0.05, 0) is 52.6 Å². The Bertz CT molecular complexity index is 758. The minimum atomic E-state index is -0.561. The summed E-state index contributed by atoms with van der Waals surface area (Å²) in [5.41, 5.74) is 2.66. The van der Waals surface area contributed by atoms with Crippen molar-refractivity contribution < 1.29 is 19.0 Å². The molecule has 5 nitrogen and oxygen atoms in total. The summed E-state index contributed by atoms with van der Waals surface area (Å²) in [6.45, 7) is 11.0. The lowest BCUT2D eigenvalue weighted by atomic mass is 10.1. The van der Waals surface area contributed by atoms with Crippen LogP contribution in [0.25, 0.3) is 0 Å². The van der Waals surface area contributed by atoms with E-state index in [1.807, 2.05) is 0 Å². The van der Waals surface area contributed by atoms with Gasteiger partial charge >= 0.3 is 5.97 Å². The van der Waals surface area contributed by atoms with Crippen molar-refractivity contribution in [3.63, 3.8) is 0 Å². The smallest absolute Gasteiger partial charge is 0.359 e. The van der Waals surface area contributed by atoms with Gasteiger partial charge in [-0.25, -0.2) is 14.2 Å². The van der Waals surface area contributed by atoms with Crippen molar-refractivity contribution in [2.75, 3.05) is 18.5 Å². The summed E-state index contributed by atoms with van der Waals surface area (Å²) in [7, 11) is 0. The molecule has 0 bridgehead atoms. The number of nitrogens with one attached hydrogen (secondary N) is 1. The van der Waals surface area contributed by atoms with Crippen LogP contribution in [-0.2, 0) is 11.2 Å². The van der Waals surface area contributed by atoms with Crippen molar-refractivity contribution in [1.29, 1.82) is 0 Å². The van der Waals surface area contributed by atoms with Crippen molar-refractivity contribution in [1.82, 2.24) is 4.98 Å². The van der Waals surface area contributed by atoms with Gasteiger partial charge in [-0.3, -0.25) is 0 Å². The third kappa shape index (κ3) is 7.11. The summed E-state index contributed by atoms with van der Waals surface area (Å²) >= 11 is 3.51. The Morgan fingerprint density at radius 3 is 2.78 bits per heavy atom. The molecule has 1 rings (SSSR count). The van der Waals surface area contributed by atoms with Gasteiger partial charge in [0.1, 0.15) is 0 Å². The molecule has 7 heteroatoms. The number of esters is 1. The molecule has 0 aliphatic heterocycles. The topological polar surface area (TPSA) is 71.5 Å². The van der Waals surface area contributed by atoms with Gasteiger partial charge in [0.2, 0.25) is 0 Å². The van der Waals surface area contributed by atoms with E-state index in [-0.39, 0.29) is 24.9 Å². The highest BCUT2D eigenvalue weighted by molar-refractivity contribution is 9.10. The Hall–Kier alpha value is -2.25. The van der Waals surface area contributed by atoms with E-state index in [4.69, 9.17) is 9.84 Å². The van der Waals surface area contributed by atoms with Crippen LogP contribution in [-0.4, -0.2) is 35.3 Å². The number of hydrogen-bond donors (Lipinski definition) is 2. The number of carbonyl (C=O) groups excluding carboxylic acids is 1. The van der Waals surface area contributed by atoms with Crippen molar-refractivity contribution in [2.24, 2.45) is 0 Å². The monoisotopic (exact) mass is 438 g/mol. The van der Waals surface area contributed by atoms with Gasteiger partial charge in [-0.15, -0.1) is 0 Å². The predicted octanol–water partition coefficient (Wildman–Crippen LogP) is 4.51. The molecule has 0 unspecified atom stereocenters. The van der Waals surface area contributed by atoms with Crippen LogP contribution >= 0.6 is 15.9 Å². The molecule has 0 aliphatic rings. The first-order valence-corrected chi connectivity index (χ1v) is 9.11. The van der Waals surface area contributed by atoms with Crippen LogP contribution < -0.4 is 5.32 Å². The minimum Gasteiger partial charge on any atom is -0.458 e. The van der Waals surface area contributed by atoms with Crippen LogP contribution in [0.3, 0.4) is 0 Å². The van der Waals surface area contributed by atoms with E-state index in [0.717, 1.165) is 11.1 Å². The Kier molecular flexibility index (Phi) is 9.67. The van der Waals surface area contributed by atoms with Gasteiger partial charge in [0.15, 0.2) is 5.69 Å². The molecular formula is C20H24BrFN2O3. The predicted molar refractivity (Wildman–Crippen MR) is 109 cm³/mol. The number of anilines is 1. The highest BCUT2D eigenvalue weighted by Crippen LogP contribution is 2.31. The summed E-state index contributed by atoms with van der Waals surface area (Å²) in [6.07, 6.45) is 6.63. The third-order valence-electron chi connectivity index (χ3n) is 3.40. The van der Waals surface area contributed by atoms with E-state index in [1.54, 1.807) is 32.2 Å². The van der Waals surface area contributed by atoms with Crippen LogP contribution in [0.4, 0.5) is 10.1 Å². The summed E-state index contributed by atoms with van der Waals surface area (Å²) in [5.74, 6) is -0.561. The van der Waals surface area contributed by atoms with Gasteiger partial charge in [-0.2, -0.15) is 0 Å². The Morgan fingerprint density at radius 1 is 1.52 bits per heavy atom. The molecule has 0 radical (unpaired) electrons. The van der Waals surface area contributed by atoms with Gasteiger partial charge < -0.3 is 15.2 Å². The first-order valence-electron chi connectivity index (χ1n) is 8.32. The van der Waals surface area contributed by atoms with Gasteiger partial charge in [0.05, 0.1) is 24.7 Å². The number of pyridine rings is 1. The number of ether oxygens (including phenoxy) is 1. The quantitative estimate of drug-likeness (QED) is 0.319. The molecule has 0 aromatic carbocycles. The van der Waals surface area contributed by atoms with E-state index in [2.05, 4.69) is 39.4 Å². The molecule has 27 heavy (non-hydrogen) atoms. The zero-order chi connectivity index (χ0) is 20.4. The Morgan fingerprint density at radius 2 is 2.22 bits per heavy atom. The fourth-order valence-corrected chi connectivity index (χ4v) is 2.66. The van der Waals surface area contributed by atoms with E-state index in [0.29, 0.717) is 28.5 Å². The van der Waals surface area contributed by atoms with E-state index in [9.17, 15) is 9.18 Å². The maximum Gasteiger partial charge on any atom is 0.359 e. The molecule has 2 N–H and O–H groups in total. The van der Waals surface area contributed by atoms with Crippen LogP contribution in [0.2, 0.25) is 0 Å². The lowest BCUT2D eigenvalue weighted by Gasteiger charge is -2.17. The number of hydrogen-bond acceptors (Lipinski definition) is 5. The van der Waals surface area contributed by atoms with Crippen LogP contribution in [0.1, 0.15) is 29.9 Å². The summed E-state index contributed by atoms with van der Waals surface area (Å²) in [5, 5.41) is 12.2. The second-order valence-corrected chi connectivity index (χ2v) is 6.77. The highest BCUT2D eigenvalue weighted by Gasteiger charge is 2.21. The lowest BCUT2D eigenvalue weighted by molar-refractivity contribution is 0.0372. The number of carbonyl (C=O) groups is 1. The van der Waals surface area contributed by atoms with Crippen molar-refractivity contribution in [3.05, 3.63) is 70.8 Å². The molecule has 0 saturated heterocycles. The summed E-state index contributed by atoms with van der Waals surface area (Å²) < 4.78 is 18.1. The van der Waals surface area contributed by atoms with Crippen molar-refractivity contribution in [3.8, 4) is 0 Å². The summed E-state index contributed by atoms with van der Waals surface area (Å²) in [4.78, 5) is 16.6. The second-order valence-electron chi connectivity index (χ2n) is 5.98. The molecule has 0 amide bonds. The molecule has 0 fully saturated rings. The number of nitrogens with zero attached hydrogens (tertiary/aromatic N) is 1. The zero-order valence-corrected chi connectivity index (χ0v) is 17.1. The first-order chi connectivity index (χ1) is 12.8.